The maximum Gasteiger partial charge on any atom is 0.433 e. The SMILES string of the molecule is COc1cc(C2C3=CCC4C(=O)N(N(C)c5nc(C(F)(F)F)ccc5Cl)C(=O)C4C3CC3C(=O)N(c4cccc(Cl)c4)C(=O)C32c2ccccc2)c(Br)c(Br)c1O. The number of phenols is 1. The van der Waals surface area contributed by atoms with Gasteiger partial charge >= 0.3 is 6.18 Å². The van der Waals surface area contributed by atoms with Crippen molar-refractivity contribution in [1.82, 2.24) is 9.99 Å². The van der Waals surface area contributed by atoms with Gasteiger partial charge in [-0.05, 0) is 98.1 Å². The van der Waals surface area contributed by atoms with E-state index < -0.39 is 76.3 Å². The summed E-state index contributed by atoms with van der Waals surface area (Å²) in [7, 11) is 2.60. The largest absolute Gasteiger partial charge is 0.503 e. The first-order valence-electron chi connectivity index (χ1n) is 17.5. The van der Waals surface area contributed by atoms with E-state index >= 15 is 9.59 Å². The van der Waals surface area contributed by atoms with Crippen LogP contribution in [0.5, 0.6) is 11.5 Å². The second kappa shape index (κ2) is 14.1. The van der Waals surface area contributed by atoms with E-state index in [1.807, 2.05) is 6.08 Å². The Hall–Kier alpha value is -4.44. The van der Waals surface area contributed by atoms with Crippen LogP contribution in [0.3, 0.4) is 0 Å². The molecule has 6 atom stereocenters. The lowest BCUT2D eigenvalue weighted by Gasteiger charge is -2.51. The maximum atomic E-state index is 15.5. The molecule has 0 spiro atoms. The van der Waals surface area contributed by atoms with Crippen molar-refractivity contribution in [2.45, 2.75) is 30.4 Å². The van der Waals surface area contributed by atoms with E-state index in [-0.39, 0.29) is 44.5 Å². The second-order valence-corrected chi connectivity index (χ2v) is 16.7. The summed E-state index contributed by atoms with van der Waals surface area (Å²) < 4.78 is 47.3. The van der Waals surface area contributed by atoms with E-state index in [9.17, 15) is 27.9 Å². The lowest BCUT2D eigenvalue weighted by atomic mass is 9.49. The average Bonchev–Trinajstić information content (AvgIpc) is 3.57. The molecule has 1 aromatic heterocycles. The summed E-state index contributed by atoms with van der Waals surface area (Å²) in [6.45, 7) is 0. The number of hydrazine groups is 1. The zero-order valence-electron chi connectivity index (χ0n) is 29.7. The van der Waals surface area contributed by atoms with Gasteiger partial charge in [-0.1, -0.05) is 71.2 Å². The van der Waals surface area contributed by atoms with Gasteiger partial charge in [0.05, 0.1) is 45.5 Å². The molecule has 3 heterocycles. The number of fused-ring (bicyclic) bond motifs is 4. The fourth-order valence-electron chi connectivity index (χ4n) is 9.26. The highest BCUT2D eigenvalue weighted by molar-refractivity contribution is 9.13. The van der Waals surface area contributed by atoms with Gasteiger partial charge in [-0.2, -0.15) is 18.2 Å². The average molecular weight is 949 g/mol. The van der Waals surface area contributed by atoms with Crippen molar-refractivity contribution in [2.75, 3.05) is 24.1 Å². The molecule has 57 heavy (non-hydrogen) atoms. The Balaban J connectivity index is 1.34. The molecular formula is C40H29Br2Cl2F3N4O6. The van der Waals surface area contributed by atoms with Gasteiger partial charge in [0.1, 0.15) is 5.69 Å². The molecule has 4 aliphatic rings. The number of imide groups is 2. The van der Waals surface area contributed by atoms with Crippen molar-refractivity contribution < 1.29 is 42.2 Å². The van der Waals surface area contributed by atoms with E-state index in [4.69, 9.17) is 27.9 Å². The van der Waals surface area contributed by atoms with Crippen molar-refractivity contribution >= 4 is 90.2 Å². The van der Waals surface area contributed by atoms with Crippen LogP contribution in [0, 0.1) is 23.7 Å². The van der Waals surface area contributed by atoms with Gasteiger partial charge in [0.15, 0.2) is 17.3 Å². The molecule has 10 nitrogen and oxygen atoms in total. The van der Waals surface area contributed by atoms with Crippen LogP contribution in [0.25, 0.3) is 0 Å². The highest BCUT2D eigenvalue weighted by Gasteiger charge is 2.70. The number of benzene rings is 3. The van der Waals surface area contributed by atoms with E-state index in [0.29, 0.717) is 27.2 Å². The van der Waals surface area contributed by atoms with Crippen LogP contribution < -0.4 is 14.6 Å². The van der Waals surface area contributed by atoms with E-state index in [0.717, 1.165) is 21.0 Å². The standard InChI is InChI=1S/C40H29Br2Cl2F3N4O6/c1-49(34-26(44)13-14-28(48-34)40(45,46)47)51-35(53)22-12-11-21-23(29(22)37(51)55)16-25-36(54)50(20-10-6-9-19(43)15-20)38(56)39(25,18-7-4-3-5-8-18)30(21)24-17-27(57-2)33(52)32(42)31(24)41/h3-11,13-15,17,22-23,25,29-30,52H,12,16H2,1-2H3. The Kier molecular flexibility index (Phi) is 9.77. The number of aromatic hydroxyl groups is 1. The van der Waals surface area contributed by atoms with Gasteiger partial charge in [-0.15, -0.1) is 0 Å². The van der Waals surface area contributed by atoms with Gasteiger partial charge in [0.2, 0.25) is 11.8 Å². The molecule has 3 fully saturated rings. The number of pyridine rings is 1. The van der Waals surface area contributed by atoms with Gasteiger partial charge in [-0.25, -0.2) is 9.88 Å². The zero-order valence-corrected chi connectivity index (χ0v) is 34.4. The molecule has 0 bridgehead atoms. The number of carbonyl (C=O) groups is 4. The zero-order chi connectivity index (χ0) is 40.9. The molecule has 2 aliphatic carbocycles. The Morgan fingerprint density at radius 2 is 1.65 bits per heavy atom. The van der Waals surface area contributed by atoms with Crippen LogP contribution >= 0.6 is 55.1 Å². The minimum Gasteiger partial charge on any atom is -0.503 e. The van der Waals surface area contributed by atoms with Crippen LogP contribution in [0.4, 0.5) is 24.7 Å². The molecule has 2 saturated heterocycles. The van der Waals surface area contributed by atoms with Gasteiger partial charge in [-0.3, -0.25) is 24.2 Å². The first kappa shape index (κ1) is 39.4. The number of nitrogens with zero attached hydrogens (tertiary/aromatic N) is 4. The number of methoxy groups -OCH3 is 1. The second-order valence-electron chi connectivity index (χ2n) is 14.2. The fraction of sp³-hybridized carbons (Fsp3) is 0.275. The fourth-order valence-corrected chi connectivity index (χ4v) is 10.6. The van der Waals surface area contributed by atoms with Crippen molar-refractivity contribution in [3.05, 3.63) is 120 Å². The smallest absolute Gasteiger partial charge is 0.433 e. The number of allylic oxidation sites excluding steroid dienone is 2. The third kappa shape index (κ3) is 5.82. The number of amides is 4. The highest BCUT2D eigenvalue weighted by atomic mass is 79.9. The van der Waals surface area contributed by atoms with Gasteiger partial charge in [0.25, 0.3) is 11.8 Å². The number of phenolic OH excluding ortho intramolecular Hbond substituents is 1. The summed E-state index contributed by atoms with van der Waals surface area (Å²) in [6.07, 6.45) is -3.04. The third-order valence-electron chi connectivity index (χ3n) is 11.6. The number of carbonyl (C=O) groups excluding carboxylic acids is 4. The number of ether oxygens (including phenoxy) is 1. The first-order chi connectivity index (χ1) is 27.0. The number of hydrogen-bond acceptors (Lipinski definition) is 8. The molecule has 3 aromatic carbocycles. The molecular weight excluding hydrogens is 920 g/mol. The molecule has 8 rings (SSSR count). The van der Waals surface area contributed by atoms with E-state index in [2.05, 4.69) is 36.8 Å². The topological polar surface area (TPSA) is 120 Å². The number of hydrogen-bond donors (Lipinski definition) is 1. The molecule has 4 aromatic rings. The summed E-state index contributed by atoms with van der Waals surface area (Å²) in [4.78, 5) is 64.3. The molecule has 0 radical (unpaired) electrons. The maximum absolute atomic E-state index is 15.5. The Labute approximate surface area is 350 Å². The Morgan fingerprint density at radius 3 is 2.32 bits per heavy atom. The predicted molar refractivity (Wildman–Crippen MR) is 211 cm³/mol. The quantitative estimate of drug-likeness (QED) is 0.151. The summed E-state index contributed by atoms with van der Waals surface area (Å²) >= 11 is 19.8. The summed E-state index contributed by atoms with van der Waals surface area (Å²) in [6, 6.07) is 18.5. The Morgan fingerprint density at radius 1 is 0.930 bits per heavy atom. The van der Waals surface area contributed by atoms with E-state index in [1.165, 1.54) is 20.2 Å². The third-order valence-corrected chi connectivity index (χ3v) is 14.3. The molecule has 6 unspecified atom stereocenters. The molecule has 17 heteroatoms. The molecule has 4 amide bonds. The van der Waals surface area contributed by atoms with E-state index in [1.54, 1.807) is 54.6 Å². The molecule has 2 aliphatic heterocycles. The van der Waals surface area contributed by atoms with Crippen molar-refractivity contribution in [3.63, 3.8) is 0 Å². The minimum atomic E-state index is -4.83. The number of alkyl halides is 3. The number of anilines is 2. The van der Waals surface area contributed by atoms with Crippen LogP contribution in [-0.2, 0) is 30.8 Å². The number of aromatic nitrogens is 1. The van der Waals surface area contributed by atoms with Crippen LogP contribution in [0.15, 0.2) is 93.4 Å². The number of halogens is 7. The lowest BCUT2D eigenvalue weighted by Crippen LogP contribution is -2.53. The van der Waals surface area contributed by atoms with Crippen molar-refractivity contribution in [3.8, 4) is 11.5 Å². The normalized spacial score (nSPS) is 25.6. The van der Waals surface area contributed by atoms with Crippen molar-refractivity contribution in [1.29, 1.82) is 0 Å². The monoisotopic (exact) mass is 946 g/mol. The predicted octanol–water partition coefficient (Wildman–Crippen LogP) is 8.86. The number of rotatable bonds is 6. The van der Waals surface area contributed by atoms with Crippen molar-refractivity contribution in [2.24, 2.45) is 23.7 Å². The Bertz CT molecular complexity index is 2440. The summed E-state index contributed by atoms with van der Waals surface area (Å²) in [5.74, 6) is -8.13. The highest BCUT2D eigenvalue weighted by Crippen LogP contribution is 2.66. The molecule has 1 N–H and O–H groups in total. The van der Waals surface area contributed by atoms with Crippen LogP contribution in [0.1, 0.15) is 35.6 Å². The summed E-state index contributed by atoms with van der Waals surface area (Å²) in [5, 5.41) is 12.8. The van der Waals surface area contributed by atoms with Gasteiger partial charge < -0.3 is 9.84 Å². The van der Waals surface area contributed by atoms with Gasteiger partial charge in [0, 0.05) is 22.5 Å². The molecule has 294 valence electrons. The van der Waals surface area contributed by atoms with Crippen LogP contribution in [0.2, 0.25) is 10.0 Å². The first-order valence-corrected chi connectivity index (χ1v) is 19.9. The lowest BCUT2D eigenvalue weighted by molar-refractivity contribution is -0.141. The minimum absolute atomic E-state index is 0.0232. The van der Waals surface area contributed by atoms with Crippen LogP contribution in [-0.4, -0.2) is 52.9 Å². The molecule has 1 saturated carbocycles. The summed E-state index contributed by atoms with van der Waals surface area (Å²) in [5.41, 5.74) is -1.12.